The van der Waals surface area contributed by atoms with Crippen molar-refractivity contribution in [3.05, 3.63) is 73.1 Å². The molecule has 1 unspecified atom stereocenters. The first kappa shape index (κ1) is 38.5. The standard InChI is InChI=1S/C38H41FN4O10S2/c1-20-6-7-25-32-26(16-28(39)33(25)41-10-8-23(45)9-11-41)34(47)27(17-42(20)32)37(49)51-12-4-13-52-38(50)31-22(18-53-21(2)44)19-55-36-30(35(48)43(31)36)40-29(46)15-24-5-3-14-54-24/h3,5,14,16-17,20,23,30,36,45H,4,6-13,15,18-19H2,1-2H3,(H,40,46)/t20?,30-,36-/m1/s1. The number of amides is 2. The summed E-state index contributed by atoms with van der Waals surface area (Å²) in [6.07, 6.45) is 3.50. The van der Waals surface area contributed by atoms with Crippen LogP contribution in [0.1, 0.15) is 66.4 Å². The average molecular weight is 797 g/mol. The monoisotopic (exact) mass is 796 g/mol. The number of aliphatic hydroxyl groups is 1. The molecule has 3 aromatic rings. The number of thioether (sulfide) groups is 1. The number of thiophene rings is 1. The number of aryl methyl sites for hydroxylation is 1. The molecule has 2 N–H and O–H groups in total. The van der Waals surface area contributed by atoms with E-state index in [0.29, 0.717) is 61.1 Å². The van der Waals surface area contributed by atoms with Crippen molar-refractivity contribution in [2.75, 3.05) is 43.6 Å². The van der Waals surface area contributed by atoms with Crippen LogP contribution in [0.15, 0.2) is 45.8 Å². The molecule has 2 amide bonds. The number of piperidine rings is 1. The van der Waals surface area contributed by atoms with Gasteiger partial charge in [0.25, 0.3) is 5.91 Å². The number of carbonyl (C=O) groups excluding carboxylic acids is 5. The summed E-state index contributed by atoms with van der Waals surface area (Å²) in [6.45, 7) is 3.54. The number of hydrogen-bond acceptors (Lipinski definition) is 13. The fourth-order valence-corrected chi connectivity index (χ4v) is 9.54. The highest BCUT2D eigenvalue weighted by Crippen LogP contribution is 2.41. The van der Waals surface area contributed by atoms with E-state index in [-0.39, 0.29) is 67.0 Å². The first-order valence-electron chi connectivity index (χ1n) is 18.2. The minimum atomic E-state index is -0.896. The number of nitrogens with zero attached hydrogens (tertiary/aromatic N) is 3. The van der Waals surface area contributed by atoms with Gasteiger partial charge < -0.3 is 34.1 Å². The summed E-state index contributed by atoms with van der Waals surface area (Å²) in [5.41, 5.74) is 1.18. The zero-order valence-electron chi connectivity index (χ0n) is 30.3. The number of benzene rings is 1. The molecule has 1 aromatic carbocycles. The van der Waals surface area contributed by atoms with Crippen molar-refractivity contribution in [1.82, 2.24) is 14.8 Å². The molecule has 4 aliphatic rings. The molecule has 4 aliphatic heterocycles. The highest BCUT2D eigenvalue weighted by atomic mass is 32.2. The number of halogens is 1. The van der Waals surface area contributed by atoms with Crippen LogP contribution in [0.3, 0.4) is 0 Å². The van der Waals surface area contributed by atoms with E-state index in [1.54, 1.807) is 0 Å². The van der Waals surface area contributed by atoms with Gasteiger partial charge in [-0.15, -0.1) is 23.1 Å². The number of β-lactam (4-membered cyclic amide) rings is 1. The summed E-state index contributed by atoms with van der Waals surface area (Å²) in [6, 6.07) is 3.93. The van der Waals surface area contributed by atoms with Crippen LogP contribution >= 0.6 is 23.1 Å². The lowest BCUT2D eigenvalue weighted by molar-refractivity contribution is -0.153. The number of pyridine rings is 1. The third-order valence-corrected chi connectivity index (χ3v) is 12.5. The van der Waals surface area contributed by atoms with Crippen molar-refractivity contribution >= 4 is 69.4 Å². The summed E-state index contributed by atoms with van der Waals surface area (Å²) in [5, 5.41) is 14.1. The minimum absolute atomic E-state index is 0.0579. The fourth-order valence-electron chi connectivity index (χ4n) is 7.51. The molecule has 2 saturated heterocycles. The smallest absolute Gasteiger partial charge is 0.355 e. The van der Waals surface area contributed by atoms with E-state index >= 15 is 4.39 Å². The number of aliphatic hydroxyl groups excluding tert-OH is 1. The van der Waals surface area contributed by atoms with Crippen molar-refractivity contribution in [3.8, 4) is 0 Å². The Balaban J connectivity index is 0.993. The van der Waals surface area contributed by atoms with Crippen molar-refractivity contribution in [3.63, 3.8) is 0 Å². The molecule has 0 bridgehead atoms. The highest BCUT2D eigenvalue weighted by molar-refractivity contribution is 8.00. The van der Waals surface area contributed by atoms with Crippen molar-refractivity contribution in [2.45, 2.75) is 75.9 Å². The zero-order chi connectivity index (χ0) is 39.0. The summed E-state index contributed by atoms with van der Waals surface area (Å²) >= 11 is 2.75. The summed E-state index contributed by atoms with van der Waals surface area (Å²) < 4.78 is 33.6. The normalized spacial score (nSPS) is 20.9. The van der Waals surface area contributed by atoms with E-state index in [2.05, 4.69) is 5.32 Å². The molecule has 14 nitrogen and oxygen atoms in total. The summed E-state index contributed by atoms with van der Waals surface area (Å²) in [7, 11) is 0. The van der Waals surface area contributed by atoms with Crippen LogP contribution in [0.4, 0.5) is 10.1 Å². The van der Waals surface area contributed by atoms with E-state index in [4.69, 9.17) is 14.2 Å². The Labute approximate surface area is 323 Å². The predicted molar refractivity (Wildman–Crippen MR) is 201 cm³/mol. The minimum Gasteiger partial charge on any atom is -0.462 e. The number of anilines is 1. The predicted octanol–water partition coefficient (Wildman–Crippen LogP) is 3.22. The first-order chi connectivity index (χ1) is 26.4. The van der Waals surface area contributed by atoms with Gasteiger partial charge in [-0.2, -0.15) is 0 Å². The summed E-state index contributed by atoms with van der Waals surface area (Å²) in [5.74, 6) is -3.42. The van der Waals surface area contributed by atoms with Crippen LogP contribution in [0, 0.1) is 5.82 Å². The molecule has 0 saturated carbocycles. The molecule has 2 aromatic heterocycles. The van der Waals surface area contributed by atoms with Gasteiger partial charge in [-0.1, -0.05) is 6.07 Å². The number of ether oxygens (including phenoxy) is 3. The lowest BCUT2D eigenvalue weighted by Gasteiger charge is -2.49. The third-order valence-electron chi connectivity index (χ3n) is 10.3. The van der Waals surface area contributed by atoms with E-state index in [9.17, 15) is 33.9 Å². The molecule has 0 spiro atoms. The number of rotatable bonds is 12. The van der Waals surface area contributed by atoms with Crippen LogP contribution in [-0.4, -0.2) is 100 Å². The number of fused-ring (bicyclic) bond motifs is 1. The second-order valence-corrected chi connectivity index (χ2v) is 16.2. The molecule has 3 atom stereocenters. The van der Waals surface area contributed by atoms with E-state index < -0.39 is 52.6 Å². The Morgan fingerprint density at radius 2 is 1.80 bits per heavy atom. The summed E-state index contributed by atoms with van der Waals surface area (Å²) in [4.78, 5) is 81.8. The van der Waals surface area contributed by atoms with Gasteiger partial charge in [0.15, 0.2) is 0 Å². The van der Waals surface area contributed by atoms with Crippen LogP contribution < -0.4 is 15.6 Å². The molecule has 0 radical (unpaired) electrons. The van der Waals surface area contributed by atoms with Crippen molar-refractivity contribution < 1.29 is 47.7 Å². The number of hydrogen-bond donors (Lipinski definition) is 2. The molecular formula is C38H41FN4O10S2. The van der Waals surface area contributed by atoms with Crippen LogP contribution in [0.5, 0.6) is 0 Å². The quantitative estimate of drug-likeness (QED) is 0.119. The molecule has 292 valence electrons. The van der Waals surface area contributed by atoms with E-state index in [1.165, 1.54) is 47.2 Å². The van der Waals surface area contributed by atoms with Gasteiger partial charge in [0.2, 0.25) is 11.3 Å². The zero-order valence-corrected chi connectivity index (χ0v) is 32.0. The maximum atomic E-state index is 15.7. The van der Waals surface area contributed by atoms with Gasteiger partial charge in [-0.3, -0.25) is 24.1 Å². The maximum Gasteiger partial charge on any atom is 0.355 e. The largest absolute Gasteiger partial charge is 0.462 e. The Morgan fingerprint density at radius 3 is 2.51 bits per heavy atom. The third kappa shape index (κ3) is 7.74. The number of aromatic nitrogens is 1. The van der Waals surface area contributed by atoms with Gasteiger partial charge in [-0.05, 0) is 50.1 Å². The Bertz CT molecular complexity index is 2130. The highest BCUT2D eigenvalue weighted by Gasteiger charge is 2.54. The van der Waals surface area contributed by atoms with E-state index in [1.807, 2.05) is 33.9 Å². The van der Waals surface area contributed by atoms with Gasteiger partial charge in [0.1, 0.15) is 35.1 Å². The number of nitrogens with one attached hydrogen (secondary N) is 1. The Hall–Kier alpha value is -4.74. The van der Waals surface area contributed by atoms with Crippen LogP contribution in [-0.2, 0) is 46.2 Å². The molecule has 0 aliphatic carbocycles. The van der Waals surface area contributed by atoms with E-state index in [0.717, 1.165) is 4.88 Å². The molecular weight excluding hydrogens is 756 g/mol. The second-order valence-electron chi connectivity index (χ2n) is 14.0. The lowest BCUT2D eigenvalue weighted by atomic mass is 9.93. The Kier molecular flexibility index (Phi) is 11.3. The number of carbonyl (C=O) groups is 5. The topological polar surface area (TPSA) is 174 Å². The van der Waals surface area contributed by atoms with Gasteiger partial charge in [0, 0.05) is 65.8 Å². The SMILES string of the molecule is CC(=O)OCC1=C(C(=O)OCCCOC(=O)c2cn3c4c(c(N5CCC(O)CC5)c(F)cc4c2=O)CCC3C)N2C(=O)[C@@H](NC(=O)Cc3cccs3)[C@H]2SC1. The van der Waals surface area contributed by atoms with Gasteiger partial charge in [-0.25, -0.2) is 14.0 Å². The van der Waals surface area contributed by atoms with Crippen LogP contribution in [0.2, 0.25) is 0 Å². The lowest BCUT2D eigenvalue weighted by Crippen LogP contribution is -2.70. The maximum absolute atomic E-state index is 15.7. The molecule has 2 fully saturated rings. The molecule has 6 heterocycles. The average Bonchev–Trinajstić information content (AvgIpc) is 3.67. The molecule has 7 rings (SSSR count). The van der Waals surface area contributed by atoms with Crippen molar-refractivity contribution in [1.29, 1.82) is 0 Å². The van der Waals surface area contributed by atoms with Gasteiger partial charge >= 0.3 is 17.9 Å². The van der Waals surface area contributed by atoms with Crippen LogP contribution in [0.25, 0.3) is 10.9 Å². The molecule has 17 heteroatoms. The van der Waals surface area contributed by atoms with Gasteiger partial charge in [0.05, 0.1) is 36.9 Å². The number of esters is 3. The first-order valence-corrected chi connectivity index (χ1v) is 20.1. The fraction of sp³-hybridized carbons (Fsp3) is 0.474. The second kappa shape index (κ2) is 16.2. The molecule has 55 heavy (non-hydrogen) atoms. The van der Waals surface area contributed by atoms with Crippen molar-refractivity contribution in [2.24, 2.45) is 0 Å². The Morgan fingerprint density at radius 1 is 1.05 bits per heavy atom.